The van der Waals surface area contributed by atoms with Crippen LogP contribution < -0.4 is 16.2 Å². The van der Waals surface area contributed by atoms with Gasteiger partial charge in [0.05, 0.1) is 18.0 Å². The topological polar surface area (TPSA) is 94.4 Å². The molecule has 2 aromatic carbocycles. The van der Waals surface area contributed by atoms with E-state index in [1.54, 1.807) is 55.9 Å². The molecule has 0 saturated carbocycles. The molecule has 3 aromatic rings. The molecule has 0 bridgehead atoms. The molecular formula is C25H28N4O4. The summed E-state index contributed by atoms with van der Waals surface area (Å²) in [6, 6.07) is 15.7. The second-order valence-corrected chi connectivity index (χ2v) is 7.55. The van der Waals surface area contributed by atoms with Gasteiger partial charge in [-0.1, -0.05) is 30.3 Å². The number of carbonyl (C=O) groups is 2. The predicted octanol–water partition coefficient (Wildman–Crippen LogP) is 3.66. The van der Waals surface area contributed by atoms with Gasteiger partial charge in [-0.2, -0.15) is 0 Å². The van der Waals surface area contributed by atoms with E-state index < -0.39 is 12.0 Å². The van der Waals surface area contributed by atoms with Crippen LogP contribution in [0.15, 0.2) is 72.0 Å². The molecule has 0 aliphatic rings. The highest BCUT2D eigenvalue weighted by atomic mass is 16.5. The first-order valence-corrected chi connectivity index (χ1v) is 10.6. The zero-order chi connectivity index (χ0) is 24.0. The molecule has 1 unspecified atom stereocenters. The smallest absolute Gasteiger partial charge is 0.295 e. The van der Waals surface area contributed by atoms with Gasteiger partial charge in [-0.05, 0) is 50.6 Å². The molecule has 0 aliphatic heterocycles. The molecule has 1 heterocycles. The average molecular weight is 449 g/mol. The van der Waals surface area contributed by atoms with Crippen molar-refractivity contribution in [3.8, 4) is 5.69 Å². The fraction of sp³-hybridized carbons (Fsp3) is 0.240. The van der Waals surface area contributed by atoms with Crippen LogP contribution in [-0.4, -0.2) is 33.9 Å². The number of hydrogen-bond donors (Lipinski definition) is 2. The number of aromatic nitrogens is 2. The van der Waals surface area contributed by atoms with Crippen molar-refractivity contribution >= 4 is 23.2 Å². The minimum absolute atomic E-state index is 0.199. The van der Waals surface area contributed by atoms with Gasteiger partial charge in [-0.3, -0.25) is 19.1 Å². The molecule has 8 heteroatoms. The largest absolute Gasteiger partial charge is 0.368 e. The van der Waals surface area contributed by atoms with Gasteiger partial charge in [-0.25, -0.2) is 4.68 Å². The average Bonchev–Trinajstić information content (AvgIpc) is 3.02. The van der Waals surface area contributed by atoms with E-state index in [-0.39, 0.29) is 17.2 Å². The Balaban J connectivity index is 1.76. The number of para-hydroxylation sites is 1. The summed E-state index contributed by atoms with van der Waals surface area (Å²) < 4.78 is 8.63. The van der Waals surface area contributed by atoms with Gasteiger partial charge in [0, 0.05) is 18.3 Å². The lowest BCUT2D eigenvalue weighted by atomic mass is 10.1. The van der Waals surface area contributed by atoms with Crippen LogP contribution in [0.2, 0.25) is 0 Å². The van der Waals surface area contributed by atoms with E-state index in [9.17, 15) is 14.4 Å². The van der Waals surface area contributed by atoms with Crippen molar-refractivity contribution in [1.29, 1.82) is 0 Å². The van der Waals surface area contributed by atoms with E-state index in [0.29, 0.717) is 35.7 Å². The number of carbonyl (C=O) groups excluding carboxylic acids is 2. The first kappa shape index (κ1) is 23.7. The van der Waals surface area contributed by atoms with E-state index in [1.165, 1.54) is 4.68 Å². The minimum Gasteiger partial charge on any atom is -0.368 e. The van der Waals surface area contributed by atoms with E-state index in [0.717, 1.165) is 0 Å². The summed E-state index contributed by atoms with van der Waals surface area (Å²) in [6.45, 7) is 7.44. The predicted molar refractivity (Wildman–Crippen MR) is 129 cm³/mol. The number of nitrogens with zero attached hydrogens (tertiary/aromatic N) is 2. The number of anilines is 2. The van der Waals surface area contributed by atoms with E-state index in [1.807, 2.05) is 30.3 Å². The Morgan fingerprint density at radius 2 is 1.85 bits per heavy atom. The third-order valence-corrected chi connectivity index (χ3v) is 5.24. The van der Waals surface area contributed by atoms with Crippen LogP contribution in [0.1, 0.15) is 29.4 Å². The molecule has 33 heavy (non-hydrogen) atoms. The van der Waals surface area contributed by atoms with Crippen LogP contribution in [0.3, 0.4) is 0 Å². The second-order valence-electron chi connectivity index (χ2n) is 7.55. The number of nitrogens with one attached hydrogen (secondary N) is 2. The Morgan fingerprint density at radius 3 is 2.55 bits per heavy atom. The molecule has 3 rings (SSSR count). The minimum atomic E-state index is -0.647. The molecule has 2 amide bonds. The summed E-state index contributed by atoms with van der Waals surface area (Å²) in [5, 5.41) is 5.47. The lowest BCUT2D eigenvalue weighted by Crippen LogP contribution is -2.28. The van der Waals surface area contributed by atoms with Crippen molar-refractivity contribution < 1.29 is 14.3 Å². The molecule has 1 atom stereocenters. The highest BCUT2D eigenvalue weighted by molar-refractivity contribution is 6.05. The molecular weight excluding hydrogens is 420 g/mol. The summed E-state index contributed by atoms with van der Waals surface area (Å²) in [6.07, 6.45) is 1.72. The Hall–Kier alpha value is -3.91. The standard InChI is InChI=1S/C25H28N4O4/c1-5-6-15-33-18(3)23(30)26-20-12-10-11-19(16-20)24(31)27-22-17(2)28(4)29(25(22)32)21-13-8-7-9-14-21/h5,7-14,16,18H,1,6,15H2,2-4H3,(H,26,30)(H,27,31). The summed E-state index contributed by atoms with van der Waals surface area (Å²) in [7, 11) is 1.76. The number of amides is 2. The molecule has 0 spiro atoms. The zero-order valence-electron chi connectivity index (χ0n) is 19.0. The summed E-state index contributed by atoms with van der Waals surface area (Å²) in [4.78, 5) is 38.3. The lowest BCUT2D eigenvalue weighted by Gasteiger charge is -2.13. The van der Waals surface area contributed by atoms with Gasteiger partial charge in [-0.15, -0.1) is 6.58 Å². The summed E-state index contributed by atoms with van der Waals surface area (Å²) in [5.41, 5.74) is 1.95. The van der Waals surface area contributed by atoms with Crippen LogP contribution in [0.4, 0.5) is 11.4 Å². The third kappa shape index (κ3) is 5.48. The van der Waals surface area contributed by atoms with Crippen molar-refractivity contribution in [2.24, 2.45) is 7.05 Å². The van der Waals surface area contributed by atoms with E-state index in [2.05, 4.69) is 17.2 Å². The third-order valence-electron chi connectivity index (χ3n) is 5.24. The molecule has 0 fully saturated rings. The lowest BCUT2D eigenvalue weighted by molar-refractivity contribution is -0.126. The molecule has 0 saturated heterocycles. The molecule has 0 radical (unpaired) electrons. The molecule has 172 valence electrons. The van der Waals surface area contributed by atoms with Gasteiger partial charge in [0.2, 0.25) is 0 Å². The van der Waals surface area contributed by atoms with Gasteiger partial charge in [0.1, 0.15) is 11.8 Å². The summed E-state index contributed by atoms with van der Waals surface area (Å²) >= 11 is 0. The number of rotatable bonds is 9. The van der Waals surface area contributed by atoms with E-state index in [4.69, 9.17) is 4.74 Å². The Bertz CT molecular complexity index is 1210. The Labute approximate surface area is 192 Å². The van der Waals surface area contributed by atoms with Gasteiger partial charge in [0.25, 0.3) is 17.4 Å². The van der Waals surface area contributed by atoms with Crippen molar-refractivity contribution in [1.82, 2.24) is 9.36 Å². The van der Waals surface area contributed by atoms with Gasteiger partial charge < -0.3 is 15.4 Å². The molecule has 8 nitrogen and oxygen atoms in total. The second kappa shape index (κ2) is 10.6. The van der Waals surface area contributed by atoms with Crippen LogP contribution in [0.5, 0.6) is 0 Å². The monoisotopic (exact) mass is 448 g/mol. The van der Waals surface area contributed by atoms with Crippen LogP contribution in [0.25, 0.3) is 5.69 Å². The Kier molecular flexibility index (Phi) is 7.63. The van der Waals surface area contributed by atoms with Crippen molar-refractivity contribution in [2.45, 2.75) is 26.4 Å². The Morgan fingerprint density at radius 1 is 1.12 bits per heavy atom. The number of ether oxygens (including phenoxy) is 1. The van der Waals surface area contributed by atoms with Crippen LogP contribution >= 0.6 is 0 Å². The van der Waals surface area contributed by atoms with Crippen molar-refractivity contribution in [2.75, 3.05) is 17.2 Å². The number of benzene rings is 2. The van der Waals surface area contributed by atoms with Crippen LogP contribution in [-0.2, 0) is 16.6 Å². The first-order chi connectivity index (χ1) is 15.8. The molecule has 1 aromatic heterocycles. The molecule has 0 aliphatic carbocycles. The maximum atomic E-state index is 13.0. The van der Waals surface area contributed by atoms with Crippen LogP contribution in [0, 0.1) is 6.92 Å². The maximum absolute atomic E-state index is 13.0. The highest BCUT2D eigenvalue weighted by Crippen LogP contribution is 2.17. The fourth-order valence-electron chi connectivity index (χ4n) is 3.28. The van der Waals surface area contributed by atoms with Gasteiger partial charge in [0.15, 0.2) is 0 Å². The maximum Gasteiger partial charge on any atom is 0.295 e. The SMILES string of the molecule is C=CCCOC(C)C(=O)Nc1cccc(C(=O)Nc2c(C)n(C)n(-c3ccccc3)c2=O)c1. The van der Waals surface area contributed by atoms with E-state index >= 15 is 0 Å². The quantitative estimate of drug-likeness (QED) is 0.386. The molecule has 2 N–H and O–H groups in total. The summed E-state index contributed by atoms with van der Waals surface area (Å²) in [5.74, 6) is -0.770. The number of hydrogen-bond acceptors (Lipinski definition) is 4. The van der Waals surface area contributed by atoms with Gasteiger partial charge >= 0.3 is 0 Å². The fourth-order valence-corrected chi connectivity index (χ4v) is 3.28. The first-order valence-electron chi connectivity index (χ1n) is 10.6. The van der Waals surface area contributed by atoms with Crippen molar-refractivity contribution in [3.05, 3.63) is 88.9 Å². The highest BCUT2D eigenvalue weighted by Gasteiger charge is 2.19. The normalized spacial score (nSPS) is 11.6. The van der Waals surface area contributed by atoms with Crippen molar-refractivity contribution in [3.63, 3.8) is 0 Å². The zero-order valence-corrected chi connectivity index (χ0v) is 19.0.